The highest BCUT2D eigenvalue weighted by Gasteiger charge is 2.15. The lowest BCUT2D eigenvalue weighted by Gasteiger charge is -2.09. The van der Waals surface area contributed by atoms with Gasteiger partial charge in [0.05, 0.1) is 24.1 Å². The highest BCUT2D eigenvalue weighted by atomic mass is 32.2. The highest BCUT2D eigenvalue weighted by molar-refractivity contribution is 7.92. The van der Waals surface area contributed by atoms with Crippen molar-refractivity contribution in [3.05, 3.63) is 42.5 Å². The second-order valence-electron chi connectivity index (χ2n) is 3.21. The van der Waals surface area contributed by atoms with Gasteiger partial charge in [0.1, 0.15) is 0 Å². The third-order valence-corrected chi connectivity index (χ3v) is 3.14. The third kappa shape index (κ3) is 3.60. The molecule has 6 heteroatoms. The van der Waals surface area contributed by atoms with Crippen molar-refractivity contribution in [2.45, 2.75) is 0 Å². The summed E-state index contributed by atoms with van der Waals surface area (Å²) in [4.78, 5) is 11.4. The summed E-state index contributed by atoms with van der Waals surface area (Å²) in [6.45, 7) is 3.35. The van der Waals surface area contributed by atoms with Gasteiger partial charge in [-0.15, -0.1) is 6.58 Å². The van der Waals surface area contributed by atoms with E-state index in [1.165, 1.54) is 25.3 Å². The van der Waals surface area contributed by atoms with Crippen LogP contribution in [0.5, 0.6) is 0 Å². The number of rotatable bonds is 5. The predicted octanol–water partition coefficient (Wildman–Crippen LogP) is 1.40. The van der Waals surface area contributed by atoms with Crippen LogP contribution in [-0.2, 0) is 14.8 Å². The van der Waals surface area contributed by atoms with Gasteiger partial charge in [-0.25, -0.2) is 13.2 Å². The van der Waals surface area contributed by atoms with Crippen molar-refractivity contribution in [1.82, 2.24) is 0 Å². The number of ether oxygens (including phenoxy) is 1. The molecule has 0 bridgehead atoms. The first kappa shape index (κ1) is 13.2. The lowest BCUT2D eigenvalue weighted by molar-refractivity contribution is 0.0602. The third-order valence-electron chi connectivity index (χ3n) is 1.94. The Hall–Kier alpha value is -1.82. The minimum Gasteiger partial charge on any atom is -0.465 e. The molecule has 0 saturated carbocycles. The van der Waals surface area contributed by atoms with E-state index in [1.807, 2.05) is 0 Å². The molecule has 0 saturated heterocycles. The van der Waals surface area contributed by atoms with Crippen LogP contribution in [-0.4, -0.2) is 27.2 Å². The number of sulfonamides is 1. The number of carbonyl (C=O) groups is 1. The topological polar surface area (TPSA) is 72.5 Å². The highest BCUT2D eigenvalue weighted by Crippen LogP contribution is 2.17. The van der Waals surface area contributed by atoms with E-state index in [4.69, 9.17) is 0 Å². The van der Waals surface area contributed by atoms with Crippen molar-refractivity contribution in [1.29, 1.82) is 0 Å². The standard InChI is InChI=1S/C11H13NO4S/c1-3-8-17(14,15)12-10-7-5-4-6-9(10)11(13)16-2/h3-7,12H,1,8H2,2H3. The Balaban J connectivity index is 3.07. The Morgan fingerprint density at radius 3 is 2.71 bits per heavy atom. The predicted molar refractivity (Wildman–Crippen MR) is 65.4 cm³/mol. The van der Waals surface area contributed by atoms with Gasteiger partial charge in [-0.2, -0.15) is 0 Å². The average molecular weight is 255 g/mol. The van der Waals surface area contributed by atoms with E-state index in [9.17, 15) is 13.2 Å². The number of benzene rings is 1. The van der Waals surface area contributed by atoms with Crippen LogP contribution in [0.3, 0.4) is 0 Å². The van der Waals surface area contributed by atoms with E-state index in [0.29, 0.717) is 0 Å². The lowest BCUT2D eigenvalue weighted by atomic mass is 10.2. The molecule has 5 nitrogen and oxygen atoms in total. The molecule has 0 spiro atoms. The van der Waals surface area contributed by atoms with Crippen molar-refractivity contribution >= 4 is 21.7 Å². The van der Waals surface area contributed by atoms with Gasteiger partial charge in [-0.05, 0) is 12.1 Å². The molecule has 92 valence electrons. The Morgan fingerprint density at radius 1 is 1.47 bits per heavy atom. The fourth-order valence-corrected chi connectivity index (χ4v) is 2.13. The Morgan fingerprint density at radius 2 is 2.12 bits per heavy atom. The Bertz CT molecular complexity index is 522. The van der Waals surface area contributed by atoms with E-state index >= 15 is 0 Å². The first-order valence-corrected chi connectivity index (χ1v) is 6.44. The molecule has 17 heavy (non-hydrogen) atoms. The molecule has 1 N–H and O–H groups in total. The zero-order valence-electron chi connectivity index (χ0n) is 9.34. The van der Waals surface area contributed by atoms with Crippen LogP contribution in [0.25, 0.3) is 0 Å². The van der Waals surface area contributed by atoms with E-state index in [0.717, 1.165) is 0 Å². The number of anilines is 1. The zero-order valence-corrected chi connectivity index (χ0v) is 10.2. The van der Waals surface area contributed by atoms with Crippen LogP contribution < -0.4 is 4.72 Å². The second kappa shape index (κ2) is 5.49. The summed E-state index contributed by atoms with van der Waals surface area (Å²) >= 11 is 0. The number of hydrogen-bond acceptors (Lipinski definition) is 4. The van der Waals surface area contributed by atoms with Gasteiger partial charge in [0.15, 0.2) is 0 Å². The molecule has 0 aliphatic heterocycles. The van der Waals surface area contributed by atoms with Crippen LogP contribution in [0.2, 0.25) is 0 Å². The number of nitrogens with one attached hydrogen (secondary N) is 1. The zero-order chi connectivity index (χ0) is 12.9. The van der Waals surface area contributed by atoms with Crippen LogP contribution in [0.1, 0.15) is 10.4 Å². The Kier molecular flexibility index (Phi) is 4.28. The van der Waals surface area contributed by atoms with Crippen LogP contribution in [0.15, 0.2) is 36.9 Å². The fraction of sp³-hybridized carbons (Fsp3) is 0.182. The van der Waals surface area contributed by atoms with Crippen molar-refractivity contribution in [3.63, 3.8) is 0 Å². The lowest BCUT2D eigenvalue weighted by Crippen LogP contribution is -2.17. The van der Waals surface area contributed by atoms with Crippen molar-refractivity contribution < 1.29 is 17.9 Å². The van der Waals surface area contributed by atoms with Gasteiger partial charge in [-0.1, -0.05) is 18.2 Å². The smallest absolute Gasteiger partial charge is 0.339 e. The molecule has 0 unspecified atom stereocenters. The van der Waals surface area contributed by atoms with Crippen molar-refractivity contribution in [2.24, 2.45) is 0 Å². The molecule has 1 aromatic carbocycles. The van der Waals surface area contributed by atoms with E-state index < -0.39 is 16.0 Å². The first-order chi connectivity index (χ1) is 8.00. The fourth-order valence-electron chi connectivity index (χ4n) is 1.22. The number of carbonyl (C=O) groups excluding carboxylic acids is 1. The number of hydrogen-bond donors (Lipinski definition) is 1. The summed E-state index contributed by atoms with van der Waals surface area (Å²) in [5, 5.41) is 0. The summed E-state index contributed by atoms with van der Waals surface area (Å²) < 4.78 is 29.9. The van der Waals surface area contributed by atoms with Gasteiger partial charge in [0, 0.05) is 0 Å². The van der Waals surface area contributed by atoms with Crippen LogP contribution >= 0.6 is 0 Å². The normalized spacial score (nSPS) is 10.6. The molecular formula is C11H13NO4S. The van der Waals surface area contributed by atoms with E-state index in [-0.39, 0.29) is 17.0 Å². The quantitative estimate of drug-likeness (QED) is 0.637. The second-order valence-corrected chi connectivity index (χ2v) is 4.98. The van der Waals surface area contributed by atoms with Crippen LogP contribution in [0, 0.1) is 0 Å². The van der Waals surface area contributed by atoms with Gasteiger partial charge in [-0.3, -0.25) is 4.72 Å². The van der Waals surface area contributed by atoms with Gasteiger partial charge >= 0.3 is 5.97 Å². The maximum Gasteiger partial charge on any atom is 0.339 e. The van der Waals surface area contributed by atoms with Gasteiger partial charge in [0.2, 0.25) is 10.0 Å². The largest absolute Gasteiger partial charge is 0.465 e. The van der Waals surface area contributed by atoms with Gasteiger partial charge in [0.25, 0.3) is 0 Å². The van der Waals surface area contributed by atoms with Crippen molar-refractivity contribution in [3.8, 4) is 0 Å². The summed E-state index contributed by atoms with van der Waals surface area (Å²) in [5.74, 6) is -0.815. The molecule has 1 rings (SSSR count). The molecule has 0 heterocycles. The molecule has 0 aliphatic rings. The number of esters is 1. The van der Waals surface area contributed by atoms with Gasteiger partial charge < -0.3 is 4.74 Å². The SMILES string of the molecule is C=CCS(=O)(=O)Nc1ccccc1C(=O)OC. The maximum atomic E-state index is 11.5. The molecule has 0 amide bonds. The average Bonchev–Trinajstić information content (AvgIpc) is 2.28. The summed E-state index contributed by atoms with van der Waals surface area (Å²) in [6.07, 6.45) is 1.27. The Labute approximate surface area is 100 Å². The maximum absolute atomic E-state index is 11.5. The molecule has 0 radical (unpaired) electrons. The number of para-hydroxylation sites is 1. The first-order valence-electron chi connectivity index (χ1n) is 4.79. The minimum absolute atomic E-state index is 0.169. The summed E-state index contributed by atoms with van der Waals surface area (Å²) in [6, 6.07) is 6.22. The van der Waals surface area contributed by atoms with E-state index in [2.05, 4.69) is 16.0 Å². The summed E-state index contributed by atoms with van der Waals surface area (Å²) in [5.41, 5.74) is 0.365. The van der Waals surface area contributed by atoms with Crippen molar-refractivity contribution in [2.75, 3.05) is 17.6 Å². The minimum atomic E-state index is -3.52. The monoisotopic (exact) mass is 255 g/mol. The van der Waals surface area contributed by atoms with Crippen LogP contribution in [0.4, 0.5) is 5.69 Å². The molecule has 0 aromatic heterocycles. The summed E-state index contributed by atoms with van der Waals surface area (Å²) in [7, 11) is -2.29. The molecule has 0 aliphatic carbocycles. The molecule has 1 aromatic rings. The van der Waals surface area contributed by atoms with E-state index in [1.54, 1.807) is 12.1 Å². The molecule has 0 fully saturated rings. The molecular weight excluding hydrogens is 242 g/mol. The number of methoxy groups -OCH3 is 1. The molecule has 0 atom stereocenters.